The molecular formula is C16H22BFNW. The van der Waals surface area contributed by atoms with Crippen LogP contribution in [0.5, 0.6) is 0 Å². The molecule has 0 bridgehead atoms. The Labute approximate surface area is 138 Å². The molecule has 1 aliphatic carbocycles. The van der Waals surface area contributed by atoms with Gasteiger partial charge in [0.05, 0.1) is 0 Å². The van der Waals surface area contributed by atoms with Crippen LogP contribution in [-0.4, -0.2) is 22.0 Å². The van der Waals surface area contributed by atoms with Crippen LogP contribution in [0.25, 0.3) is 0 Å². The standard InChI is InChI=1S/C16H21N.B.FH.W/c1-5-11-10-12-6-8-16(2,3)14(12)15-13(11)7-9-17(15)4;;;/h1,5-9H2,2-4H3;;1H;/q-2;;;+2. The van der Waals surface area contributed by atoms with E-state index in [4.69, 9.17) is 0 Å². The Bertz CT molecular complexity index is 488. The van der Waals surface area contributed by atoms with Crippen molar-refractivity contribution >= 4 is 14.1 Å². The van der Waals surface area contributed by atoms with Gasteiger partial charge in [0.15, 0.2) is 0 Å². The molecule has 0 N–H and O–H groups in total. The van der Waals surface area contributed by atoms with Crippen LogP contribution in [0.2, 0.25) is 0 Å². The van der Waals surface area contributed by atoms with Crippen molar-refractivity contribution in [3.8, 4) is 0 Å². The second-order valence-corrected chi connectivity index (χ2v) is 6.09. The number of fused-ring (bicyclic) bond motifs is 3. The third-order valence-electron chi connectivity index (χ3n) is 4.50. The third kappa shape index (κ3) is 2.71. The summed E-state index contributed by atoms with van der Waals surface area (Å²) in [6.07, 6.45) is 4.51. The van der Waals surface area contributed by atoms with E-state index in [1.54, 1.807) is 5.56 Å². The monoisotopic (exact) mass is 442 g/mol. The van der Waals surface area contributed by atoms with E-state index in [0.717, 1.165) is 13.0 Å². The molecule has 20 heavy (non-hydrogen) atoms. The third-order valence-corrected chi connectivity index (χ3v) is 4.50. The van der Waals surface area contributed by atoms with Crippen LogP contribution in [-0.2, 0) is 45.7 Å². The number of rotatable bonds is 1. The maximum atomic E-state index is 4.07. The Kier molecular flexibility index (Phi) is 6.55. The first-order valence-corrected chi connectivity index (χ1v) is 6.65. The number of halogens is 1. The minimum absolute atomic E-state index is 0. The van der Waals surface area contributed by atoms with Crippen LogP contribution in [0.4, 0.5) is 10.4 Å². The zero-order chi connectivity index (χ0) is 12.2. The number of anilines is 1. The molecule has 0 aromatic heterocycles. The van der Waals surface area contributed by atoms with Crippen molar-refractivity contribution < 1.29 is 25.8 Å². The van der Waals surface area contributed by atoms with Crippen LogP contribution < -0.4 is 4.90 Å². The molecule has 1 aromatic rings. The van der Waals surface area contributed by atoms with Crippen LogP contribution in [0, 0.1) is 13.0 Å². The first-order valence-electron chi connectivity index (χ1n) is 6.65. The van der Waals surface area contributed by atoms with E-state index in [1.165, 1.54) is 41.6 Å². The molecule has 107 valence electrons. The quantitative estimate of drug-likeness (QED) is 0.478. The van der Waals surface area contributed by atoms with E-state index in [9.17, 15) is 0 Å². The summed E-state index contributed by atoms with van der Waals surface area (Å²) in [5.41, 5.74) is 7.76. The Hall–Kier alpha value is -0.297. The summed E-state index contributed by atoms with van der Waals surface area (Å²) in [5.74, 6) is 0. The van der Waals surface area contributed by atoms with E-state index in [2.05, 4.69) is 38.8 Å². The molecule has 0 saturated heterocycles. The maximum absolute atomic E-state index is 4.07. The van der Waals surface area contributed by atoms with Gasteiger partial charge in [-0.1, -0.05) is 44.2 Å². The number of benzene rings is 1. The van der Waals surface area contributed by atoms with Crippen molar-refractivity contribution in [2.24, 2.45) is 0 Å². The van der Waals surface area contributed by atoms with E-state index >= 15 is 0 Å². The molecule has 0 unspecified atom stereocenters. The summed E-state index contributed by atoms with van der Waals surface area (Å²) in [7, 11) is 2.23. The SMILES string of the molecule is F.[B].[CH2-]Cc1[c-]c2c(c3c1CCN3C)C(C)(C)CC2.[W+2]. The largest absolute Gasteiger partial charge is 2.00 e. The van der Waals surface area contributed by atoms with Crippen LogP contribution >= 0.6 is 0 Å². The summed E-state index contributed by atoms with van der Waals surface area (Å²) in [4.78, 5) is 2.44. The first-order chi connectivity index (χ1) is 8.04. The smallest absolute Gasteiger partial charge is 0.396 e. The molecule has 2 aliphatic rings. The van der Waals surface area contributed by atoms with Gasteiger partial charge in [-0.05, 0) is 0 Å². The van der Waals surface area contributed by atoms with Crippen molar-refractivity contribution in [3.63, 3.8) is 0 Å². The average molecular weight is 442 g/mol. The predicted molar refractivity (Wildman–Crippen MR) is 80.9 cm³/mol. The van der Waals surface area contributed by atoms with Crippen LogP contribution in [0.3, 0.4) is 0 Å². The first kappa shape index (κ1) is 19.7. The van der Waals surface area contributed by atoms with E-state index in [-0.39, 0.29) is 34.2 Å². The van der Waals surface area contributed by atoms with Gasteiger partial charge >= 0.3 is 21.1 Å². The van der Waals surface area contributed by atoms with Gasteiger partial charge in [0.2, 0.25) is 0 Å². The Morgan fingerprint density at radius 2 is 1.95 bits per heavy atom. The van der Waals surface area contributed by atoms with Crippen molar-refractivity contribution in [2.45, 2.75) is 44.9 Å². The molecule has 0 amide bonds. The number of likely N-dealkylation sites (N-methyl/N-ethyl adjacent to an activating group) is 1. The van der Waals surface area contributed by atoms with Crippen molar-refractivity contribution in [1.29, 1.82) is 0 Å². The van der Waals surface area contributed by atoms with Crippen LogP contribution in [0.1, 0.15) is 42.5 Å². The fraction of sp³-hybridized carbons (Fsp3) is 0.562. The Balaban J connectivity index is 0.00000120. The van der Waals surface area contributed by atoms with Gasteiger partial charge in [0.1, 0.15) is 0 Å². The molecule has 3 radical (unpaired) electrons. The molecule has 1 nitrogen and oxygen atoms in total. The maximum Gasteiger partial charge on any atom is 2.00 e. The van der Waals surface area contributed by atoms with Gasteiger partial charge in [-0.2, -0.15) is 23.6 Å². The summed E-state index contributed by atoms with van der Waals surface area (Å²) in [6, 6.07) is 3.66. The zero-order valence-electron chi connectivity index (χ0n) is 12.6. The van der Waals surface area contributed by atoms with E-state index < -0.39 is 0 Å². The van der Waals surface area contributed by atoms with Gasteiger partial charge < -0.3 is 11.8 Å². The summed E-state index contributed by atoms with van der Waals surface area (Å²) >= 11 is 0. The summed E-state index contributed by atoms with van der Waals surface area (Å²) in [5, 5.41) is 0. The topological polar surface area (TPSA) is 3.24 Å². The zero-order valence-corrected chi connectivity index (χ0v) is 15.5. The molecule has 0 saturated carbocycles. The average Bonchev–Trinajstić information content (AvgIpc) is 2.80. The van der Waals surface area contributed by atoms with Gasteiger partial charge in [-0.15, -0.1) is 11.1 Å². The second kappa shape index (κ2) is 6.64. The summed E-state index contributed by atoms with van der Waals surface area (Å²) in [6.45, 7) is 9.98. The molecule has 0 spiro atoms. The molecular weight excluding hydrogens is 420 g/mol. The van der Waals surface area contributed by atoms with Gasteiger partial charge in [-0.25, -0.2) is 0 Å². The second-order valence-electron chi connectivity index (χ2n) is 6.09. The fourth-order valence-electron chi connectivity index (χ4n) is 3.53. The number of hydrogen-bond acceptors (Lipinski definition) is 1. The van der Waals surface area contributed by atoms with Crippen LogP contribution in [0.15, 0.2) is 0 Å². The molecule has 0 fully saturated rings. The normalized spacial score (nSPS) is 17.5. The predicted octanol–water partition coefficient (Wildman–Crippen LogP) is 2.85. The molecule has 1 aliphatic heterocycles. The molecule has 3 rings (SSSR count). The van der Waals surface area contributed by atoms with Gasteiger partial charge in [0, 0.05) is 22.0 Å². The number of nitrogens with zero attached hydrogens (tertiary/aromatic N) is 1. The minimum Gasteiger partial charge on any atom is -0.396 e. The van der Waals surface area contributed by atoms with Gasteiger partial charge in [0.25, 0.3) is 0 Å². The fourth-order valence-corrected chi connectivity index (χ4v) is 3.53. The number of hydrogen-bond donors (Lipinski definition) is 0. The Morgan fingerprint density at radius 1 is 1.30 bits per heavy atom. The number of aryl methyl sites for hydroxylation is 1. The molecule has 4 heteroatoms. The summed E-state index contributed by atoms with van der Waals surface area (Å²) < 4.78 is 0. The van der Waals surface area contributed by atoms with Crippen molar-refractivity contribution in [3.05, 3.63) is 35.2 Å². The molecule has 1 aromatic carbocycles. The van der Waals surface area contributed by atoms with Crippen molar-refractivity contribution in [2.75, 3.05) is 18.5 Å². The van der Waals surface area contributed by atoms with E-state index in [0.29, 0.717) is 5.41 Å². The molecule has 1 heterocycles. The molecule has 0 atom stereocenters. The van der Waals surface area contributed by atoms with E-state index in [1.807, 2.05) is 0 Å². The van der Waals surface area contributed by atoms with Gasteiger partial charge in [-0.3, -0.25) is 4.70 Å². The Morgan fingerprint density at radius 3 is 2.55 bits per heavy atom. The van der Waals surface area contributed by atoms with Crippen molar-refractivity contribution in [1.82, 2.24) is 0 Å². The minimum atomic E-state index is 0.